The lowest BCUT2D eigenvalue weighted by Crippen LogP contribution is -2.52. The van der Waals surface area contributed by atoms with E-state index >= 15 is 0 Å². The summed E-state index contributed by atoms with van der Waals surface area (Å²) < 4.78 is 5.44. The molecule has 2 aromatic rings. The van der Waals surface area contributed by atoms with E-state index in [2.05, 4.69) is 29.7 Å². The minimum absolute atomic E-state index is 0.187. The lowest BCUT2D eigenvalue weighted by atomic mass is 10.00. The van der Waals surface area contributed by atoms with Gasteiger partial charge in [0.2, 0.25) is 0 Å². The first-order valence-corrected chi connectivity index (χ1v) is 10.0. The third kappa shape index (κ3) is 4.66. The number of benzene rings is 2. The molecule has 0 bridgehead atoms. The molecule has 1 saturated heterocycles. The van der Waals surface area contributed by atoms with Crippen molar-refractivity contribution < 1.29 is 14.9 Å². The average molecular weight is 385 g/mol. The first-order valence-electron chi connectivity index (χ1n) is 10.0. The monoisotopic (exact) mass is 384 g/mol. The molecular weight excluding hydrogens is 352 g/mol. The van der Waals surface area contributed by atoms with Crippen molar-refractivity contribution in [3.8, 4) is 11.5 Å². The summed E-state index contributed by atoms with van der Waals surface area (Å²) in [7, 11) is 1.71. The predicted octanol–water partition coefficient (Wildman–Crippen LogP) is 3.09. The Kier molecular flexibility index (Phi) is 6.94. The molecule has 2 aromatic carbocycles. The number of hydrogen-bond acceptors (Lipinski definition) is 5. The number of hydrogen-bond donors (Lipinski definition) is 2. The summed E-state index contributed by atoms with van der Waals surface area (Å²) in [6.07, 6.45) is 0.755. The maximum atomic E-state index is 10.1. The first kappa shape index (κ1) is 20.6. The molecule has 0 saturated carbocycles. The van der Waals surface area contributed by atoms with Crippen LogP contribution in [0.5, 0.6) is 11.5 Å². The highest BCUT2D eigenvalue weighted by atomic mass is 16.5. The standard InChI is InChI=1S/C23H32N2O3/c1-17-18(2)23(28-3)9-8-19(17)15-25-12-11-24(16-21(25)10-13-26)14-20-6-4-5-7-22(20)27/h4-9,21,26-27H,10-16H2,1-3H3/t21-/m1/s1. The number of rotatable bonds is 7. The van der Waals surface area contributed by atoms with E-state index in [9.17, 15) is 10.2 Å². The molecule has 1 aliphatic rings. The molecule has 5 heteroatoms. The number of phenols is 1. The molecule has 28 heavy (non-hydrogen) atoms. The Morgan fingerprint density at radius 2 is 1.79 bits per heavy atom. The number of ether oxygens (including phenoxy) is 1. The molecule has 152 valence electrons. The molecule has 1 aliphatic heterocycles. The molecule has 2 N–H and O–H groups in total. The van der Waals surface area contributed by atoms with Gasteiger partial charge in [-0.05, 0) is 49.1 Å². The number of methoxy groups -OCH3 is 1. The highest BCUT2D eigenvalue weighted by molar-refractivity contribution is 5.43. The number of para-hydroxylation sites is 1. The number of aliphatic hydroxyl groups is 1. The fourth-order valence-electron chi connectivity index (χ4n) is 4.08. The molecule has 1 atom stereocenters. The summed E-state index contributed by atoms with van der Waals surface area (Å²) in [4.78, 5) is 4.85. The van der Waals surface area contributed by atoms with Gasteiger partial charge in [0.15, 0.2) is 0 Å². The second-order valence-electron chi connectivity index (χ2n) is 7.68. The van der Waals surface area contributed by atoms with Gasteiger partial charge in [-0.1, -0.05) is 24.3 Å². The Balaban J connectivity index is 1.70. The van der Waals surface area contributed by atoms with Crippen molar-refractivity contribution in [3.63, 3.8) is 0 Å². The van der Waals surface area contributed by atoms with Crippen LogP contribution in [0.2, 0.25) is 0 Å². The van der Waals surface area contributed by atoms with Gasteiger partial charge in [-0.25, -0.2) is 0 Å². The van der Waals surface area contributed by atoms with Gasteiger partial charge in [0.1, 0.15) is 11.5 Å². The normalized spacial score (nSPS) is 18.4. The number of aliphatic hydroxyl groups excluding tert-OH is 1. The molecule has 5 nitrogen and oxygen atoms in total. The minimum atomic E-state index is 0.187. The molecule has 0 spiro atoms. The first-order chi connectivity index (χ1) is 13.5. The number of phenolic OH excluding ortho intramolecular Hbond substituents is 1. The van der Waals surface area contributed by atoms with Crippen molar-refractivity contribution in [2.75, 3.05) is 33.4 Å². The van der Waals surface area contributed by atoms with Gasteiger partial charge in [0.25, 0.3) is 0 Å². The lowest BCUT2D eigenvalue weighted by Gasteiger charge is -2.41. The van der Waals surface area contributed by atoms with Crippen LogP contribution < -0.4 is 4.74 Å². The molecule has 1 heterocycles. The number of piperazine rings is 1. The van der Waals surface area contributed by atoms with Crippen LogP contribution in [0, 0.1) is 13.8 Å². The third-order valence-corrected chi connectivity index (χ3v) is 5.98. The number of nitrogens with zero attached hydrogens (tertiary/aromatic N) is 2. The maximum absolute atomic E-state index is 10.1. The van der Waals surface area contributed by atoms with Gasteiger partial charge in [0, 0.05) is 50.9 Å². The summed E-state index contributed by atoms with van der Waals surface area (Å²) in [6, 6.07) is 12.0. The van der Waals surface area contributed by atoms with Crippen molar-refractivity contribution in [2.24, 2.45) is 0 Å². The summed E-state index contributed by atoms with van der Waals surface area (Å²) in [6.45, 7) is 8.85. The van der Waals surface area contributed by atoms with E-state index in [4.69, 9.17) is 4.74 Å². The fourth-order valence-corrected chi connectivity index (χ4v) is 4.08. The van der Waals surface area contributed by atoms with E-state index < -0.39 is 0 Å². The van der Waals surface area contributed by atoms with Crippen LogP contribution in [0.4, 0.5) is 0 Å². The molecule has 0 unspecified atom stereocenters. The second-order valence-corrected chi connectivity index (χ2v) is 7.68. The average Bonchev–Trinajstić information content (AvgIpc) is 2.69. The third-order valence-electron chi connectivity index (χ3n) is 5.98. The highest BCUT2D eigenvalue weighted by Gasteiger charge is 2.27. The molecule has 0 amide bonds. The topological polar surface area (TPSA) is 56.2 Å². The quantitative estimate of drug-likeness (QED) is 0.768. The van der Waals surface area contributed by atoms with Crippen molar-refractivity contribution in [1.82, 2.24) is 9.80 Å². The van der Waals surface area contributed by atoms with Crippen LogP contribution in [0.1, 0.15) is 28.7 Å². The van der Waals surface area contributed by atoms with E-state index in [0.717, 1.165) is 50.5 Å². The van der Waals surface area contributed by atoms with Crippen LogP contribution in [0.15, 0.2) is 36.4 Å². The molecular formula is C23H32N2O3. The van der Waals surface area contributed by atoms with Gasteiger partial charge in [0.05, 0.1) is 7.11 Å². The van der Waals surface area contributed by atoms with Crippen molar-refractivity contribution in [3.05, 3.63) is 58.7 Å². The van der Waals surface area contributed by atoms with Crippen LogP contribution in [-0.4, -0.2) is 59.4 Å². The van der Waals surface area contributed by atoms with E-state index in [1.165, 1.54) is 16.7 Å². The lowest BCUT2D eigenvalue weighted by molar-refractivity contribution is 0.0495. The summed E-state index contributed by atoms with van der Waals surface area (Å²) in [5.41, 5.74) is 4.74. The Hall–Kier alpha value is -2.08. The Labute approximate surface area is 168 Å². The van der Waals surface area contributed by atoms with Crippen LogP contribution in [0.25, 0.3) is 0 Å². The van der Waals surface area contributed by atoms with Crippen molar-refractivity contribution in [2.45, 2.75) is 39.4 Å². The van der Waals surface area contributed by atoms with Gasteiger partial charge in [-0.3, -0.25) is 9.80 Å². The van der Waals surface area contributed by atoms with Gasteiger partial charge >= 0.3 is 0 Å². The zero-order valence-corrected chi connectivity index (χ0v) is 17.2. The fraction of sp³-hybridized carbons (Fsp3) is 0.478. The smallest absolute Gasteiger partial charge is 0.122 e. The molecule has 0 aliphatic carbocycles. The van der Waals surface area contributed by atoms with E-state index in [1.54, 1.807) is 13.2 Å². The zero-order chi connectivity index (χ0) is 20.1. The maximum Gasteiger partial charge on any atom is 0.122 e. The highest BCUT2D eigenvalue weighted by Crippen LogP contribution is 2.27. The van der Waals surface area contributed by atoms with E-state index in [1.807, 2.05) is 24.3 Å². The second kappa shape index (κ2) is 9.41. The minimum Gasteiger partial charge on any atom is -0.508 e. The van der Waals surface area contributed by atoms with Crippen LogP contribution in [-0.2, 0) is 13.1 Å². The van der Waals surface area contributed by atoms with E-state index in [-0.39, 0.29) is 6.61 Å². The Morgan fingerprint density at radius 1 is 1.00 bits per heavy atom. The number of aromatic hydroxyl groups is 1. The van der Waals surface area contributed by atoms with Gasteiger partial charge in [-0.2, -0.15) is 0 Å². The Bertz CT molecular complexity index is 793. The van der Waals surface area contributed by atoms with E-state index in [0.29, 0.717) is 11.8 Å². The van der Waals surface area contributed by atoms with Crippen molar-refractivity contribution in [1.29, 1.82) is 0 Å². The van der Waals surface area contributed by atoms with Crippen LogP contribution >= 0.6 is 0 Å². The predicted molar refractivity (Wildman–Crippen MR) is 112 cm³/mol. The zero-order valence-electron chi connectivity index (χ0n) is 17.2. The van der Waals surface area contributed by atoms with Gasteiger partial charge in [-0.15, -0.1) is 0 Å². The molecule has 0 radical (unpaired) electrons. The Morgan fingerprint density at radius 3 is 2.50 bits per heavy atom. The largest absolute Gasteiger partial charge is 0.508 e. The molecule has 1 fully saturated rings. The summed E-state index contributed by atoms with van der Waals surface area (Å²) in [5, 5.41) is 19.7. The van der Waals surface area contributed by atoms with Crippen molar-refractivity contribution >= 4 is 0 Å². The summed E-state index contributed by atoms with van der Waals surface area (Å²) >= 11 is 0. The molecule has 3 rings (SSSR count). The van der Waals surface area contributed by atoms with Crippen LogP contribution in [0.3, 0.4) is 0 Å². The summed E-state index contributed by atoms with van der Waals surface area (Å²) in [5.74, 6) is 1.29. The molecule has 0 aromatic heterocycles. The SMILES string of the molecule is COc1ccc(CN2CCN(Cc3ccccc3O)C[C@H]2CCO)c(C)c1C. The van der Waals surface area contributed by atoms with Gasteiger partial charge < -0.3 is 14.9 Å².